The Morgan fingerprint density at radius 1 is 0.957 bits per heavy atom. The van der Waals surface area contributed by atoms with E-state index in [4.69, 9.17) is 23.7 Å². The number of rotatable bonds is 10. The Labute approximate surface area is 135 Å². The maximum absolute atomic E-state index is 11.8. The summed E-state index contributed by atoms with van der Waals surface area (Å²) in [5.41, 5.74) is 0.355. The minimum atomic E-state index is -0.444. The van der Waals surface area contributed by atoms with E-state index in [0.29, 0.717) is 30.3 Å². The van der Waals surface area contributed by atoms with Crippen molar-refractivity contribution in [2.75, 3.05) is 40.1 Å². The van der Waals surface area contributed by atoms with Gasteiger partial charge in [-0.1, -0.05) is 0 Å². The standard InChI is InChI=1S/C16H22O7/c1-4-20-16(18)13-5-6-14(22-8-7-19-3)15(11-13)23-10-9-21-12(2)17/h5-6,11H,4,7-10H2,1-3H3. The van der Waals surface area contributed by atoms with Gasteiger partial charge in [-0.05, 0) is 25.1 Å². The van der Waals surface area contributed by atoms with E-state index < -0.39 is 5.97 Å². The van der Waals surface area contributed by atoms with Crippen LogP contribution in [0.1, 0.15) is 24.2 Å². The summed E-state index contributed by atoms with van der Waals surface area (Å²) >= 11 is 0. The van der Waals surface area contributed by atoms with Gasteiger partial charge in [0.1, 0.15) is 19.8 Å². The first-order valence-corrected chi connectivity index (χ1v) is 7.27. The SMILES string of the molecule is CCOC(=O)c1ccc(OCCOC)c(OCCOC(C)=O)c1. The van der Waals surface area contributed by atoms with E-state index in [1.54, 1.807) is 26.2 Å². The third kappa shape index (κ3) is 7.01. The summed E-state index contributed by atoms with van der Waals surface area (Å²) in [6.45, 7) is 4.36. The molecule has 0 spiro atoms. The predicted octanol–water partition coefficient (Wildman–Crippen LogP) is 1.83. The van der Waals surface area contributed by atoms with Crippen LogP contribution in [0.25, 0.3) is 0 Å². The van der Waals surface area contributed by atoms with Crippen LogP contribution in [0, 0.1) is 0 Å². The number of esters is 2. The Balaban J connectivity index is 2.78. The molecule has 1 rings (SSSR count). The second kappa shape index (κ2) is 10.4. The van der Waals surface area contributed by atoms with Gasteiger partial charge in [-0.25, -0.2) is 4.79 Å². The van der Waals surface area contributed by atoms with Gasteiger partial charge in [-0.15, -0.1) is 0 Å². The molecular formula is C16H22O7. The van der Waals surface area contributed by atoms with Gasteiger partial charge in [0.2, 0.25) is 0 Å². The van der Waals surface area contributed by atoms with Gasteiger partial charge in [0.05, 0.1) is 18.8 Å². The molecule has 0 amide bonds. The van der Waals surface area contributed by atoms with Gasteiger partial charge in [-0.3, -0.25) is 4.79 Å². The first kappa shape index (κ1) is 18.8. The van der Waals surface area contributed by atoms with Crippen molar-refractivity contribution >= 4 is 11.9 Å². The van der Waals surface area contributed by atoms with Crippen LogP contribution in [0.15, 0.2) is 18.2 Å². The quantitative estimate of drug-likeness (QED) is 0.479. The summed E-state index contributed by atoms with van der Waals surface area (Å²) < 4.78 is 25.8. The number of carbonyl (C=O) groups is 2. The Hall–Kier alpha value is -2.28. The van der Waals surface area contributed by atoms with Gasteiger partial charge in [0.15, 0.2) is 11.5 Å². The molecular weight excluding hydrogens is 304 g/mol. The van der Waals surface area contributed by atoms with Crippen LogP contribution < -0.4 is 9.47 Å². The molecule has 0 atom stereocenters. The molecule has 0 aliphatic carbocycles. The summed E-state index contributed by atoms with van der Waals surface area (Å²) in [6.07, 6.45) is 0. The van der Waals surface area contributed by atoms with Crippen LogP contribution in [0.4, 0.5) is 0 Å². The van der Waals surface area contributed by atoms with Crippen molar-refractivity contribution < 1.29 is 33.3 Å². The lowest BCUT2D eigenvalue weighted by molar-refractivity contribution is -0.141. The second-order valence-corrected chi connectivity index (χ2v) is 4.41. The molecule has 0 radical (unpaired) electrons. The fourth-order valence-electron chi connectivity index (χ4n) is 1.65. The molecule has 0 heterocycles. The Bertz CT molecular complexity index is 513. The highest BCUT2D eigenvalue weighted by Crippen LogP contribution is 2.28. The van der Waals surface area contributed by atoms with Crippen molar-refractivity contribution in [2.24, 2.45) is 0 Å². The van der Waals surface area contributed by atoms with E-state index in [9.17, 15) is 9.59 Å². The minimum Gasteiger partial charge on any atom is -0.487 e. The van der Waals surface area contributed by atoms with E-state index in [2.05, 4.69) is 0 Å². The smallest absolute Gasteiger partial charge is 0.338 e. The normalized spacial score (nSPS) is 10.0. The van der Waals surface area contributed by atoms with Gasteiger partial charge in [-0.2, -0.15) is 0 Å². The van der Waals surface area contributed by atoms with Crippen LogP contribution >= 0.6 is 0 Å². The average molecular weight is 326 g/mol. The molecule has 7 heteroatoms. The highest BCUT2D eigenvalue weighted by molar-refractivity contribution is 5.90. The summed E-state index contributed by atoms with van der Waals surface area (Å²) in [5.74, 6) is 0.0166. The monoisotopic (exact) mass is 326 g/mol. The molecule has 1 aromatic carbocycles. The number of hydrogen-bond donors (Lipinski definition) is 0. The van der Waals surface area contributed by atoms with E-state index in [1.807, 2.05) is 0 Å². The summed E-state index contributed by atoms with van der Waals surface area (Å²) in [7, 11) is 1.57. The molecule has 0 aromatic heterocycles. The van der Waals surface area contributed by atoms with Crippen molar-refractivity contribution in [3.05, 3.63) is 23.8 Å². The highest BCUT2D eigenvalue weighted by atomic mass is 16.6. The molecule has 0 unspecified atom stereocenters. The summed E-state index contributed by atoms with van der Waals surface area (Å²) in [4.78, 5) is 22.5. The number of carbonyl (C=O) groups excluding carboxylic acids is 2. The molecule has 0 aliphatic heterocycles. The van der Waals surface area contributed by atoms with Crippen LogP contribution in [0.5, 0.6) is 11.5 Å². The Morgan fingerprint density at radius 2 is 1.65 bits per heavy atom. The van der Waals surface area contributed by atoms with Crippen molar-refractivity contribution in [1.29, 1.82) is 0 Å². The number of benzene rings is 1. The van der Waals surface area contributed by atoms with E-state index in [1.165, 1.54) is 13.0 Å². The number of ether oxygens (including phenoxy) is 5. The molecule has 1 aromatic rings. The van der Waals surface area contributed by atoms with Crippen molar-refractivity contribution in [1.82, 2.24) is 0 Å². The van der Waals surface area contributed by atoms with Gasteiger partial charge < -0.3 is 23.7 Å². The lowest BCUT2D eigenvalue weighted by Crippen LogP contribution is -2.12. The lowest BCUT2D eigenvalue weighted by Gasteiger charge is -2.14. The first-order valence-electron chi connectivity index (χ1n) is 7.27. The van der Waals surface area contributed by atoms with Crippen LogP contribution in [0.2, 0.25) is 0 Å². The van der Waals surface area contributed by atoms with E-state index in [-0.39, 0.29) is 25.8 Å². The van der Waals surface area contributed by atoms with Crippen molar-refractivity contribution in [3.63, 3.8) is 0 Å². The van der Waals surface area contributed by atoms with Crippen molar-refractivity contribution in [2.45, 2.75) is 13.8 Å². The molecule has 23 heavy (non-hydrogen) atoms. The Morgan fingerprint density at radius 3 is 2.30 bits per heavy atom. The van der Waals surface area contributed by atoms with Crippen LogP contribution in [-0.4, -0.2) is 52.1 Å². The summed E-state index contributed by atoms with van der Waals surface area (Å²) in [5, 5.41) is 0. The predicted molar refractivity (Wildman–Crippen MR) is 81.9 cm³/mol. The third-order valence-electron chi connectivity index (χ3n) is 2.65. The fourth-order valence-corrected chi connectivity index (χ4v) is 1.65. The zero-order valence-corrected chi connectivity index (χ0v) is 13.6. The first-order chi connectivity index (χ1) is 11.1. The zero-order chi connectivity index (χ0) is 17.1. The number of methoxy groups -OCH3 is 1. The molecule has 7 nitrogen and oxygen atoms in total. The zero-order valence-electron chi connectivity index (χ0n) is 13.6. The van der Waals surface area contributed by atoms with Gasteiger partial charge in [0, 0.05) is 14.0 Å². The molecule has 0 fully saturated rings. The molecule has 0 saturated carbocycles. The van der Waals surface area contributed by atoms with E-state index in [0.717, 1.165) is 0 Å². The van der Waals surface area contributed by atoms with Gasteiger partial charge >= 0.3 is 11.9 Å². The second-order valence-electron chi connectivity index (χ2n) is 4.41. The third-order valence-corrected chi connectivity index (χ3v) is 2.65. The van der Waals surface area contributed by atoms with Crippen molar-refractivity contribution in [3.8, 4) is 11.5 Å². The van der Waals surface area contributed by atoms with Crippen LogP contribution in [-0.2, 0) is 19.0 Å². The van der Waals surface area contributed by atoms with E-state index >= 15 is 0 Å². The molecule has 0 N–H and O–H groups in total. The fraction of sp³-hybridized carbons (Fsp3) is 0.500. The largest absolute Gasteiger partial charge is 0.487 e. The number of hydrogen-bond acceptors (Lipinski definition) is 7. The molecule has 0 aliphatic rings. The molecule has 0 saturated heterocycles. The maximum Gasteiger partial charge on any atom is 0.338 e. The van der Waals surface area contributed by atoms with Crippen LogP contribution in [0.3, 0.4) is 0 Å². The Kier molecular flexibility index (Phi) is 8.52. The highest BCUT2D eigenvalue weighted by Gasteiger charge is 2.13. The molecule has 0 bridgehead atoms. The molecule has 128 valence electrons. The average Bonchev–Trinajstić information content (AvgIpc) is 2.52. The minimum absolute atomic E-state index is 0.108. The maximum atomic E-state index is 11.8. The lowest BCUT2D eigenvalue weighted by atomic mass is 10.2. The topological polar surface area (TPSA) is 80.3 Å². The summed E-state index contributed by atoms with van der Waals surface area (Å²) in [6, 6.07) is 4.76. The van der Waals surface area contributed by atoms with Gasteiger partial charge in [0.25, 0.3) is 0 Å².